The summed E-state index contributed by atoms with van der Waals surface area (Å²) < 4.78 is 5.56. The molecule has 0 aliphatic rings. The first-order valence-electron chi connectivity index (χ1n) is 10.1. The molecule has 0 spiro atoms. The van der Waals surface area contributed by atoms with E-state index < -0.39 is 0 Å². The van der Waals surface area contributed by atoms with Gasteiger partial charge in [0.1, 0.15) is 5.69 Å². The minimum absolute atomic E-state index is 0.0416. The van der Waals surface area contributed by atoms with Crippen molar-refractivity contribution in [3.05, 3.63) is 64.7 Å². The summed E-state index contributed by atoms with van der Waals surface area (Å²) in [7, 11) is 0. The fraction of sp³-hybridized carbons (Fsp3) is 0.304. The zero-order valence-corrected chi connectivity index (χ0v) is 17.2. The third-order valence-electron chi connectivity index (χ3n) is 5.37. The van der Waals surface area contributed by atoms with Gasteiger partial charge in [-0.15, -0.1) is 0 Å². The first-order valence-corrected chi connectivity index (χ1v) is 10.1. The monoisotopic (exact) mass is 389 g/mol. The molecule has 0 radical (unpaired) electrons. The minimum Gasteiger partial charge on any atom is -0.329 e. The van der Waals surface area contributed by atoms with Gasteiger partial charge in [0.15, 0.2) is 0 Å². The van der Waals surface area contributed by atoms with Gasteiger partial charge in [0.2, 0.25) is 0 Å². The van der Waals surface area contributed by atoms with Crippen molar-refractivity contribution in [3.8, 4) is 22.4 Å². The summed E-state index contributed by atoms with van der Waals surface area (Å²) in [6.45, 7) is 8.58. The molecule has 4 aromatic rings. The third kappa shape index (κ3) is 3.29. The van der Waals surface area contributed by atoms with Gasteiger partial charge >= 0.3 is 5.69 Å². The number of nitrogens with zero attached hydrogens (tertiary/aromatic N) is 4. The van der Waals surface area contributed by atoms with Crippen LogP contribution in [-0.2, 0) is 19.6 Å². The molecule has 2 heterocycles. The van der Waals surface area contributed by atoms with Gasteiger partial charge in [-0.3, -0.25) is 13.8 Å². The van der Waals surface area contributed by atoms with E-state index in [2.05, 4.69) is 49.5 Å². The Morgan fingerprint density at radius 3 is 2.41 bits per heavy atom. The molecule has 0 fully saturated rings. The molecule has 2 aromatic heterocycles. The Morgan fingerprint density at radius 1 is 0.966 bits per heavy atom. The van der Waals surface area contributed by atoms with Crippen LogP contribution in [0.1, 0.15) is 19.4 Å². The zero-order chi connectivity index (χ0) is 20.5. The molecular formula is C23H27N5O. The van der Waals surface area contributed by atoms with E-state index in [0.717, 1.165) is 33.4 Å². The summed E-state index contributed by atoms with van der Waals surface area (Å²) in [6, 6.07) is 14.6. The molecule has 0 amide bonds. The van der Waals surface area contributed by atoms with Crippen LogP contribution in [0.15, 0.2) is 53.5 Å². The van der Waals surface area contributed by atoms with Gasteiger partial charge in [-0.1, -0.05) is 29.8 Å². The molecule has 0 saturated heterocycles. The smallest absolute Gasteiger partial charge is 0.329 e. The summed E-state index contributed by atoms with van der Waals surface area (Å²) in [5, 5.41) is 4.81. The van der Waals surface area contributed by atoms with Crippen LogP contribution in [0.4, 0.5) is 0 Å². The quantitative estimate of drug-likeness (QED) is 0.547. The van der Waals surface area contributed by atoms with Crippen molar-refractivity contribution in [2.45, 2.75) is 40.4 Å². The van der Waals surface area contributed by atoms with E-state index in [1.54, 1.807) is 0 Å². The Bertz CT molecular complexity index is 1230. The summed E-state index contributed by atoms with van der Waals surface area (Å²) >= 11 is 0. The lowest BCUT2D eigenvalue weighted by molar-refractivity contribution is 0.627. The molecule has 0 unspecified atom stereocenters. The van der Waals surface area contributed by atoms with Crippen LogP contribution in [-0.4, -0.2) is 25.5 Å². The fourth-order valence-electron chi connectivity index (χ4n) is 3.98. The SMILES string of the molecule is CCn1c(=O)n(CC)c2cc(-c3cn(CCN)nc3-c3cccc(C)c3)ccc21. The first-order chi connectivity index (χ1) is 14.1. The van der Waals surface area contributed by atoms with Crippen LogP contribution in [0.5, 0.6) is 0 Å². The average Bonchev–Trinajstić information content (AvgIpc) is 3.25. The van der Waals surface area contributed by atoms with E-state index in [1.165, 1.54) is 5.56 Å². The molecule has 150 valence electrons. The van der Waals surface area contributed by atoms with Crippen LogP contribution in [0.2, 0.25) is 0 Å². The first kappa shape index (κ1) is 19.2. The highest BCUT2D eigenvalue weighted by Gasteiger charge is 2.17. The van der Waals surface area contributed by atoms with Gasteiger partial charge in [-0.05, 0) is 44.5 Å². The second-order valence-electron chi connectivity index (χ2n) is 7.29. The van der Waals surface area contributed by atoms with Crippen molar-refractivity contribution in [3.63, 3.8) is 0 Å². The highest BCUT2D eigenvalue weighted by molar-refractivity contribution is 5.87. The van der Waals surface area contributed by atoms with Gasteiger partial charge in [-0.2, -0.15) is 5.10 Å². The lowest BCUT2D eigenvalue weighted by Gasteiger charge is -2.06. The van der Waals surface area contributed by atoms with E-state index in [9.17, 15) is 4.79 Å². The van der Waals surface area contributed by atoms with Gasteiger partial charge in [0, 0.05) is 37.0 Å². The van der Waals surface area contributed by atoms with Crippen molar-refractivity contribution in [2.75, 3.05) is 6.54 Å². The summed E-state index contributed by atoms with van der Waals surface area (Å²) in [6.07, 6.45) is 2.05. The maximum Gasteiger partial charge on any atom is 0.329 e. The number of hydrogen-bond donors (Lipinski definition) is 1. The highest BCUT2D eigenvalue weighted by Crippen LogP contribution is 2.33. The highest BCUT2D eigenvalue weighted by atomic mass is 16.1. The zero-order valence-electron chi connectivity index (χ0n) is 17.2. The molecule has 0 bridgehead atoms. The van der Waals surface area contributed by atoms with Crippen LogP contribution in [0.25, 0.3) is 33.4 Å². The van der Waals surface area contributed by atoms with Gasteiger partial charge in [-0.25, -0.2) is 4.79 Å². The number of hydrogen-bond acceptors (Lipinski definition) is 3. The standard InChI is InChI=1S/C23H27N5O/c1-4-27-20-10-9-17(14-21(20)28(5-2)23(27)29)19-15-26(12-11-24)25-22(19)18-8-6-7-16(3)13-18/h6-10,13-15H,4-5,11-12,24H2,1-3H3. The second kappa shape index (κ2) is 7.72. The molecule has 0 aliphatic heterocycles. The number of aromatic nitrogens is 4. The minimum atomic E-state index is 0.0416. The maximum atomic E-state index is 12.7. The van der Waals surface area contributed by atoms with Crippen molar-refractivity contribution < 1.29 is 0 Å². The van der Waals surface area contributed by atoms with Gasteiger partial charge < -0.3 is 5.73 Å². The number of benzene rings is 2. The van der Waals surface area contributed by atoms with Gasteiger partial charge in [0.25, 0.3) is 0 Å². The topological polar surface area (TPSA) is 70.8 Å². The lowest BCUT2D eigenvalue weighted by atomic mass is 10.0. The largest absolute Gasteiger partial charge is 0.329 e. The summed E-state index contributed by atoms with van der Waals surface area (Å²) in [5.74, 6) is 0. The predicted molar refractivity (Wildman–Crippen MR) is 118 cm³/mol. The Morgan fingerprint density at radius 2 is 1.72 bits per heavy atom. The number of nitrogens with two attached hydrogens (primary N) is 1. The average molecular weight is 390 g/mol. The number of aryl methyl sites for hydroxylation is 3. The van der Waals surface area contributed by atoms with Crippen molar-refractivity contribution in [1.29, 1.82) is 0 Å². The molecule has 0 saturated carbocycles. The van der Waals surface area contributed by atoms with Crippen molar-refractivity contribution in [2.24, 2.45) is 5.73 Å². The Labute approximate surface area is 170 Å². The second-order valence-corrected chi connectivity index (χ2v) is 7.29. The van der Waals surface area contributed by atoms with E-state index in [1.807, 2.05) is 33.7 Å². The van der Waals surface area contributed by atoms with Crippen molar-refractivity contribution in [1.82, 2.24) is 18.9 Å². The molecule has 6 nitrogen and oxygen atoms in total. The van der Waals surface area contributed by atoms with Gasteiger partial charge in [0.05, 0.1) is 17.6 Å². The summed E-state index contributed by atoms with van der Waals surface area (Å²) in [5.41, 5.74) is 13.0. The van der Waals surface area contributed by atoms with E-state index in [-0.39, 0.29) is 5.69 Å². The normalized spacial score (nSPS) is 11.4. The summed E-state index contributed by atoms with van der Waals surface area (Å²) in [4.78, 5) is 12.7. The molecule has 2 aromatic carbocycles. The number of imidazole rings is 1. The van der Waals surface area contributed by atoms with Crippen LogP contribution >= 0.6 is 0 Å². The molecule has 6 heteroatoms. The van der Waals surface area contributed by atoms with E-state index in [4.69, 9.17) is 10.8 Å². The van der Waals surface area contributed by atoms with E-state index >= 15 is 0 Å². The molecular weight excluding hydrogens is 362 g/mol. The van der Waals surface area contributed by atoms with Crippen molar-refractivity contribution >= 4 is 11.0 Å². The predicted octanol–water partition coefficient (Wildman–Crippen LogP) is 3.64. The Hall–Kier alpha value is -3.12. The maximum absolute atomic E-state index is 12.7. The third-order valence-corrected chi connectivity index (χ3v) is 5.37. The molecule has 2 N–H and O–H groups in total. The Kier molecular flexibility index (Phi) is 5.11. The van der Waals surface area contributed by atoms with E-state index in [0.29, 0.717) is 26.2 Å². The molecule has 29 heavy (non-hydrogen) atoms. The van der Waals surface area contributed by atoms with Crippen LogP contribution in [0.3, 0.4) is 0 Å². The molecule has 0 atom stereocenters. The molecule has 0 aliphatic carbocycles. The lowest BCUT2D eigenvalue weighted by Crippen LogP contribution is -2.22. The Balaban J connectivity index is 1.94. The number of fused-ring (bicyclic) bond motifs is 1. The molecule has 4 rings (SSSR count). The number of rotatable bonds is 6. The fourth-order valence-corrected chi connectivity index (χ4v) is 3.98. The van der Waals surface area contributed by atoms with Crippen LogP contribution < -0.4 is 11.4 Å². The van der Waals surface area contributed by atoms with Crippen LogP contribution in [0, 0.1) is 6.92 Å².